The van der Waals surface area contributed by atoms with Gasteiger partial charge in [0.25, 0.3) is 0 Å². The van der Waals surface area contributed by atoms with E-state index in [1.165, 1.54) is 0 Å². The maximum Gasteiger partial charge on any atom is 0.0837 e. The molecule has 0 saturated heterocycles. The van der Waals surface area contributed by atoms with Crippen molar-refractivity contribution >= 4 is 0 Å². The Kier molecular flexibility index (Phi) is 3.26. The van der Waals surface area contributed by atoms with Gasteiger partial charge in [-0.1, -0.05) is 37.3 Å². The van der Waals surface area contributed by atoms with Gasteiger partial charge in [-0.05, 0) is 5.56 Å². The molecule has 0 aliphatic rings. The third kappa shape index (κ3) is 2.06. The number of hydrogen-bond acceptors (Lipinski definition) is 2. The van der Waals surface area contributed by atoms with Crippen LogP contribution in [0, 0.1) is 5.92 Å². The minimum absolute atomic E-state index is 0.00998. The van der Waals surface area contributed by atoms with Crippen LogP contribution in [0.15, 0.2) is 30.3 Å². The summed E-state index contributed by atoms with van der Waals surface area (Å²) >= 11 is 0. The van der Waals surface area contributed by atoms with Crippen LogP contribution in [0.25, 0.3) is 0 Å². The molecule has 0 aliphatic heterocycles. The molecule has 2 N–H and O–H groups in total. The Morgan fingerprint density at radius 1 is 1.25 bits per heavy atom. The van der Waals surface area contributed by atoms with E-state index >= 15 is 0 Å². The fourth-order valence-electron chi connectivity index (χ4n) is 1.08. The fraction of sp³-hybridized carbons (Fsp3) is 0.400. The van der Waals surface area contributed by atoms with Gasteiger partial charge in [-0.2, -0.15) is 0 Å². The van der Waals surface area contributed by atoms with Gasteiger partial charge in [0, 0.05) is 12.5 Å². The quantitative estimate of drug-likeness (QED) is 0.711. The van der Waals surface area contributed by atoms with Gasteiger partial charge in [-0.25, -0.2) is 0 Å². The predicted molar refractivity (Wildman–Crippen MR) is 47.7 cm³/mol. The van der Waals surface area contributed by atoms with Crippen LogP contribution in [0.5, 0.6) is 0 Å². The Morgan fingerprint density at radius 3 is 2.33 bits per heavy atom. The summed E-state index contributed by atoms with van der Waals surface area (Å²) < 4.78 is 0. The number of hydrogen-bond donors (Lipinski definition) is 2. The molecule has 1 aromatic rings. The molecular weight excluding hydrogens is 152 g/mol. The maximum atomic E-state index is 9.63. The van der Waals surface area contributed by atoms with Crippen LogP contribution in [-0.2, 0) is 0 Å². The third-order valence-corrected chi connectivity index (χ3v) is 1.97. The van der Waals surface area contributed by atoms with Crippen LogP contribution in [0.1, 0.15) is 18.6 Å². The number of aliphatic hydroxyl groups excluding tert-OH is 2. The first-order valence-corrected chi connectivity index (χ1v) is 4.09. The normalized spacial score (nSPS) is 15.6. The molecule has 0 fully saturated rings. The molecule has 2 atom stereocenters. The van der Waals surface area contributed by atoms with Crippen LogP contribution in [0.4, 0.5) is 0 Å². The molecule has 0 spiro atoms. The van der Waals surface area contributed by atoms with E-state index in [1.807, 2.05) is 37.3 Å². The van der Waals surface area contributed by atoms with E-state index < -0.39 is 6.10 Å². The zero-order valence-electron chi connectivity index (χ0n) is 7.14. The van der Waals surface area contributed by atoms with Crippen LogP contribution in [0.2, 0.25) is 0 Å². The lowest BCUT2D eigenvalue weighted by molar-refractivity contribution is 0.0770. The van der Waals surface area contributed by atoms with Crippen molar-refractivity contribution in [2.75, 3.05) is 6.61 Å². The highest BCUT2D eigenvalue weighted by molar-refractivity contribution is 5.17. The minimum atomic E-state index is -0.559. The Labute approximate surface area is 72.5 Å². The molecule has 0 bridgehead atoms. The van der Waals surface area contributed by atoms with E-state index in [1.54, 1.807) is 0 Å². The van der Waals surface area contributed by atoms with E-state index in [4.69, 9.17) is 5.11 Å². The molecule has 1 aromatic carbocycles. The lowest BCUT2D eigenvalue weighted by Gasteiger charge is -2.16. The molecule has 66 valence electrons. The lowest BCUT2D eigenvalue weighted by atomic mass is 9.98. The van der Waals surface area contributed by atoms with Crippen LogP contribution in [-0.4, -0.2) is 16.8 Å². The van der Waals surface area contributed by atoms with Gasteiger partial charge in [-0.3, -0.25) is 0 Å². The number of benzene rings is 1. The van der Waals surface area contributed by atoms with Crippen LogP contribution < -0.4 is 0 Å². The van der Waals surface area contributed by atoms with Crippen molar-refractivity contribution < 1.29 is 10.2 Å². The zero-order valence-corrected chi connectivity index (χ0v) is 7.14. The Morgan fingerprint density at radius 2 is 1.83 bits per heavy atom. The van der Waals surface area contributed by atoms with Crippen molar-refractivity contribution in [1.82, 2.24) is 0 Å². The fourth-order valence-corrected chi connectivity index (χ4v) is 1.08. The summed E-state index contributed by atoms with van der Waals surface area (Å²) in [4.78, 5) is 0. The minimum Gasteiger partial charge on any atom is -0.396 e. The second-order valence-electron chi connectivity index (χ2n) is 3.02. The second kappa shape index (κ2) is 4.24. The van der Waals surface area contributed by atoms with Crippen molar-refractivity contribution in [3.05, 3.63) is 35.9 Å². The summed E-state index contributed by atoms with van der Waals surface area (Å²) in [6, 6.07) is 9.37. The van der Waals surface area contributed by atoms with Crippen molar-refractivity contribution in [3.63, 3.8) is 0 Å². The second-order valence-corrected chi connectivity index (χ2v) is 3.02. The first-order chi connectivity index (χ1) is 5.75. The highest BCUT2D eigenvalue weighted by atomic mass is 16.3. The van der Waals surface area contributed by atoms with Crippen LogP contribution >= 0.6 is 0 Å². The number of aliphatic hydroxyl groups is 2. The van der Waals surface area contributed by atoms with Gasteiger partial charge in [0.05, 0.1) is 6.10 Å². The molecule has 2 heteroatoms. The third-order valence-electron chi connectivity index (χ3n) is 1.97. The van der Waals surface area contributed by atoms with Gasteiger partial charge in [0.15, 0.2) is 0 Å². The molecule has 0 unspecified atom stereocenters. The van der Waals surface area contributed by atoms with E-state index in [2.05, 4.69) is 0 Å². The van der Waals surface area contributed by atoms with E-state index in [9.17, 15) is 5.11 Å². The van der Waals surface area contributed by atoms with Crippen LogP contribution in [0.3, 0.4) is 0 Å². The lowest BCUT2D eigenvalue weighted by Crippen LogP contribution is -2.12. The Hall–Kier alpha value is -0.860. The SMILES string of the molecule is C[C@H](CO)[C@@H](O)c1ccccc1. The summed E-state index contributed by atoms with van der Waals surface area (Å²) in [5, 5.41) is 18.4. The first-order valence-electron chi connectivity index (χ1n) is 4.09. The molecule has 0 saturated carbocycles. The molecule has 12 heavy (non-hydrogen) atoms. The van der Waals surface area contributed by atoms with Gasteiger partial charge < -0.3 is 10.2 Å². The Balaban J connectivity index is 2.71. The van der Waals surface area contributed by atoms with Crippen molar-refractivity contribution in [3.8, 4) is 0 Å². The summed E-state index contributed by atoms with van der Waals surface area (Å²) in [7, 11) is 0. The topological polar surface area (TPSA) is 40.5 Å². The molecule has 0 heterocycles. The monoisotopic (exact) mass is 166 g/mol. The molecule has 0 radical (unpaired) electrons. The zero-order chi connectivity index (χ0) is 8.97. The van der Waals surface area contributed by atoms with Gasteiger partial charge in [-0.15, -0.1) is 0 Å². The average Bonchev–Trinajstić information content (AvgIpc) is 2.17. The summed E-state index contributed by atoms with van der Waals surface area (Å²) in [6.07, 6.45) is -0.559. The van der Waals surface area contributed by atoms with Gasteiger partial charge in [0.1, 0.15) is 0 Å². The highest BCUT2D eigenvalue weighted by Crippen LogP contribution is 2.20. The largest absolute Gasteiger partial charge is 0.396 e. The van der Waals surface area contributed by atoms with Crippen molar-refractivity contribution in [1.29, 1.82) is 0 Å². The molecule has 0 aromatic heterocycles. The first kappa shape index (κ1) is 9.23. The van der Waals surface area contributed by atoms with E-state index in [-0.39, 0.29) is 12.5 Å². The summed E-state index contributed by atoms with van der Waals surface area (Å²) in [6.45, 7) is 1.83. The van der Waals surface area contributed by atoms with Crippen molar-refractivity contribution in [2.24, 2.45) is 5.92 Å². The maximum absolute atomic E-state index is 9.63. The Bertz CT molecular complexity index is 221. The average molecular weight is 166 g/mol. The summed E-state index contributed by atoms with van der Waals surface area (Å²) in [5.41, 5.74) is 0.860. The van der Waals surface area contributed by atoms with Crippen molar-refractivity contribution in [2.45, 2.75) is 13.0 Å². The standard InChI is InChI=1S/C10H14O2/c1-8(7-11)10(12)9-5-3-2-4-6-9/h2-6,8,10-12H,7H2,1H3/t8-,10-/m1/s1. The van der Waals surface area contributed by atoms with Gasteiger partial charge >= 0.3 is 0 Å². The van der Waals surface area contributed by atoms with E-state index in [0.29, 0.717) is 0 Å². The van der Waals surface area contributed by atoms with E-state index in [0.717, 1.165) is 5.56 Å². The highest BCUT2D eigenvalue weighted by Gasteiger charge is 2.14. The smallest absolute Gasteiger partial charge is 0.0837 e. The molecule has 1 rings (SSSR count). The molecule has 0 amide bonds. The molecule has 2 nitrogen and oxygen atoms in total. The van der Waals surface area contributed by atoms with Gasteiger partial charge in [0.2, 0.25) is 0 Å². The molecular formula is C10H14O2. The summed E-state index contributed by atoms with van der Waals surface area (Å²) in [5.74, 6) is -0.104. The molecule has 0 aliphatic carbocycles. The number of rotatable bonds is 3. The predicted octanol–water partition coefficient (Wildman–Crippen LogP) is 1.35.